The summed E-state index contributed by atoms with van der Waals surface area (Å²) in [5, 5.41) is 21.9. The highest BCUT2D eigenvalue weighted by atomic mass is 16.5. The molecular weight excluding hydrogens is 369 g/mol. The Hall–Kier alpha value is -3.42. The minimum Gasteiger partial charge on any atom is -0.505 e. The Morgan fingerprint density at radius 1 is 1.07 bits per heavy atom. The lowest BCUT2D eigenvalue weighted by Crippen LogP contribution is -2.55. The van der Waals surface area contributed by atoms with Crippen molar-refractivity contribution in [2.24, 2.45) is 0 Å². The molecular formula is C19H19B3N2O5. The van der Waals surface area contributed by atoms with Gasteiger partial charge in [-0.1, -0.05) is 18.2 Å². The number of hydrogen-bond acceptors (Lipinski definition) is 5. The Labute approximate surface area is 170 Å². The molecule has 2 aromatic carbocycles. The van der Waals surface area contributed by atoms with Crippen LogP contribution in [0, 0.1) is 0 Å². The summed E-state index contributed by atoms with van der Waals surface area (Å²) in [5.41, 5.74) is 0.384. The first-order chi connectivity index (χ1) is 13.7. The largest absolute Gasteiger partial charge is 0.505 e. The summed E-state index contributed by atoms with van der Waals surface area (Å²) in [6, 6.07) is 14.4. The number of aromatic nitrogens is 1. The normalized spacial score (nSPS) is 11.2. The second-order valence-electron chi connectivity index (χ2n) is 7.12. The van der Waals surface area contributed by atoms with Crippen LogP contribution in [0.4, 0.5) is 0 Å². The third-order valence-electron chi connectivity index (χ3n) is 4.52. The van der Waals surface area contributed by atoms with Gasteiger partial charge < -0.3 is 20.3 Å². The maximum Gasteiger partial charge on any atom is 0.311 e. The number of carbonyl (C=O) groups is 2. The Kier molecular flexibility index (Phi) is 5.54. The summed E-state index contributed by atoms with van der Waals surface area (Å²) in [6.45, 7) is 0. The van der Waals surface area contributed by atoms with Crippen LogP contribution in [-0.4, -0.2) is 55.9 Å². The number of rotatable bonds is 6. The van der Waals surface area contributed by atoms with Crippen LogP contribution in [-0.2, 0) is 11.1 Å². The number of carbonyl (C=O) groups excluding carboxylic acids is 1. The number of ether oxygens (including phenoxy) is 1. The third kappa shape index (κ3) is 4.21. The van der Waals surface area contributed by atoms with Gasteiger partial charge in [-0.15, -0.1) is 0 Å². The number of carboxylic acids is 1. The molecule has 3 aromatic rings. The van der Waals surface area contributed by atoms with E-state index in [1.165, 1.54) is 15.7 Å². The SMILES string of the molecule is BCc1nc(C(=O)NC(B)(B)C(=O)O)c(O)c2ccc(Oc3ccccc3)cc12. The molecule has 3 N–H and O–H groups in total. The average molecular weight is 388 g/mol. The molecule has 0 aliphatic rings. The van der Waals surface area contributed by atoms with Crippen molar-refractivity contribution in [2.45, 2.75) is 11.7 Å². The molecule has 1 amide bonds. The summed E-state index contributed by atoms with van der Waals surface area (Å²) < 4.78 is 5.84. The number of nitrogens with one attached hydrogen (secondary N) is 1. The average Bonchev–Trinajstić information content (AvgIpc) is 2.68. The van der Waals surface area contributed by atoms with Crippen molar-refractivity contribution in [2.75, 3.05) is 0 Å². The van der Waals surface area contributed by atoms with Crippen LogP contribution in [0.5, 0.6) is 17.2 Å². The zero-order valence-corrected chi connectivity index (χ0v) is 16.4. The minimum absolute atomic E-state index is 0.208. The molecule has 10 heteroatoms. The molecule has 0 bridgehead atoms. The first-order valence-corrected chi connectivity index (χ1v) is 9.17. The van der Waals surface area contributed by atoms with Crippen LogP contribution in [0.15, 0.2) is 48.5 Å². The van der Waals surface area contributed by atoms with Gasteiger partial charge >= 0.3 is 5.97 Å². The first kappa shape index (κ1) is 20.3. The van der Waals surface area contributed by atoms with Crippen molar-refractivity contribution in [3.8, 4) is 17.2 Å². The lowest BCUT2D eigenvalue weighted by Gasteiger charge is -2.22. The Morgan fingerprint density at radius 3 is 2.38 bits per heavy atom. The van der Waals surface area contributed by atoms with E-state index in [0.29, 0.717) is 34.3 Å². The smallest absolute Gasteiger partial charge is 0.311 e. The van der Waals surface area contributed by atoms with Gasteiger partial charge in [0.05, 0.1) is 5.34 Å². The van der Waals surface area contributed by atoms with Crippen LogP contribution in [0.25, 0.3) is 10.8 Å². The summed E-state index contributed by atoms with van der Waals surface area (Å²) in [6.07, 6.45) is 0.508. The lowest BCUT2D eigenvalue weighted by molar-refractivity contribution is -0.138. The molecule has 0 atom stereocenters. The van der Waals surface area contributed by atoms with Crippen LogP contribution in [0.2, 0.25) is 0 Å². The molecule has 144 valence electrons. The zero-order chi connectivity index (χ0) is 21.2. The Morgan fingerprint density at radius 2 is 1.76 bits per heavy atom. The second-order valence-corrected chi connectivity index (χ2v) is 7.12. The van der Waals surface area contributed by atoms with E-state index in [2.05, 4.69) is 10.3 Å². The Balaban J connectivity index is 2.02. The number of amides is 1. The second kappa shape index (κ2) is 7.91. The number of aromatic hydroxyl groups is 1. The quantitative estimate of drug-likeness (QED) is 0.497. The molecule has 0 unspecified atom stereocenters. The van der Waals surface area contributed by atoms with Gasteiger partial charge in [0.15, 0.2) is 11.4 Å². The van der Waals surface area contributed by atoms with Gasteiger partial charge in [-0.3, -0.25) is 9.59 Å². The minimum atomic E-state index is -1.50. The molecule has 0 aliphatic heterocycles. The fraction of sp³-hybridized carbons (Fsp3) is 0.105. The van der Waals surface area contributed by atoms with Crippen molar-refractivity contribution in [3.63, 3.8) is 0 Å². The van der Waals surface area contributed by atoms with E-state index in [0.717, 1.165) is 0 Å². The van der Waals surface area contributed by atoms with Gasteiger partial charge in [0.25, 0.3) is 5.91 Å². The van der Waals surface area contributed by atoms with Crippen molar-refractivity contribution in [3.05, 3.63) is 59.9 Å². The van der Waals surface area contributed by atoms with Crippen molar-refractivity contribution in [1.82, 2.24) is 10.3 Å². The van der Waals surface area contributed by atoms with E-state index in [-0.39, 0.29) is 11.4 Å². The number of benzene rings is 2. The van der Waals surface area contributed by atoms with Crippen LogP contribution >= 0.6 is 0 Å². The number of nitrogens with zero attached hydrogens (tertiary/aromatic N) is 1. The zero-order valence-electron chi connectivity index (χ0n) is 16.4. The molecule has 0 spiro atoms. The number of para-hydroxylation sites is 1. The summed E-state index contributed by atoms with van der Waals surface area (Å²) >= 11 is 0. The van der Waals surface area contributed by atoms with Crippen LogP contribution < -0.4 is 10.1 Å². The predicted molar refractivity (Wildman–Crippen MR) is 117 cm³/mol. The van der Waals surface area contributed by atoms with E-state index in [1.807, 2.05) is 38.2 Å². The van der Waals surface area contributed by atoms with E-state index < -0.39 is 17.2 Å². The van der Waals surface area contributed by atoms with Crippen LogP contribution in [0.1, 0.15) is 16.2 Å². The molecule has 29 heavy (non-hydrogen) atoms. The van der Waals surface area contributed by atoms with E-state index in [9.17, 15) is 19.8 Å². The molecule has 3 rings (SSSR count). The van der Waals surface area contributed by atoms with Crippen molar-refractivity contribution in [1.29, 1.82) is 0 Å². The van der Waals surface area contributed by atoms with E-state index >= 15 is 0 Å². The van der Waals surface area contributed by atoms with E-state index in [1.54, 1.807) is 18.2 Å². The number of carboxylic acid groups (broad SMARTS) is 1. The highest BCUT2D eigenvalue weighted by Crippen LogP contribution is 2.33. The number of hydrogen-bond donors (Lipinski definition) is 3. The summed E-state index contributed by atoms with van der Waals surface area (Å²) in [4.78, 5) is 28.2. The molecule has 1 heterocycles. The maximum atomic E-state index is 12.6. The highest BCUT2D eigenvalue weighted by molar-refractivity contribution is 6.51. The van der Waals surface area contributed by atoms with Gasteiger partial charge in [0.1, 0.15) is 35.0 Å². The maximum absolute atomic E-state index is 12.6. The van der Waals surface area contributed by atoms with Gasteiger partial charge in [-0.25, -0.2) is 4.98 Å². The molecule has 0 saturated carbocycles. The molecule has 0 radical (unpaired) electrons. The Bertz CT molecular complexity index is 1090. The van der Waals surface area contributed by atoms with Gasteiger partial charge in [-0.2, -0.15) is 0 Å². The number of pyridine rings is 1. The lowest BCUT2D eigenvalue weighted by atomic mass is 9.62. The van der Waals surface area contributed by atoms with Gasteiger partial charge in [-0.05, 0) is 36.7 Å². The topological polar surface area (TPSA) is 109 Å². The summed E-state index contributed by atoms with van der Waals surface area (Å²) in [5.74, 6) is -0.999. The van der Waals surface area contributed by atoms with Crippen molar-refractivity contribution >= 4 is 46.2 Å². The molecule has 0 aliphatic carbocycles. The fourth-order valence-corrected chi connectivity index (χ4v) is 2.86. The van der Waals surface area contributed by atoms with E-state index in [4.69, 9.17) is 4.74 Å². The first-order valence-electron chi connectivity index (χ1n) is 9.17. The molecule has 0 fully saturated rings. The standard InChI is InChI=1S/C19H19B3N2O5/c20-9-14-13-8-11(29-10-4-2-1-3-5-10)6-7-12(13)16(25)15(23-14)17(26)24-19(21,22)18(27)28/h1-8,25H,9,20-22H2,(H,24,26)(H,27,28). The number of aliphatic carboxylic acids is 1. The highest BCUT2D eigenvalue weighted by Gasteiger charge is 2.31. The number of fused-ring (bicyclic) bond motifs is 1. The van der Waals surface area contributed by atoms with Crippen molar-refractivity contribution < 1.29 is 24.5 Å². The molecule has 7 nitrogen and oxygen atoms in total. The summed E-state index contributed by atoms with van der Waals surface area (Å²) in [7, 11) is 4.60. The van der Waals surface area contributed by atoms with Crippen LogP contribution in [0.3, 0.4) is 0 Å². The fourth-order valence-electron chi connectivity index (χ4n) is 2.86. The van der Waals surface area contributed by atoms with Gasteiger partial charge in [0, 0.05) is 16.5 Å². The predicted octanol–water partition coefficient (Wildman–Crippen LogP) is -0.400. The third-order valence-corrected chi connectivity index (χ3v) is 4.52. The van der Waals surface area contributed by atoms with Gasteiger partial charge in [0.2, 0.25) is 0 Å². The monoisotopic (exact) mass is 388 g/mol. The molecule has 1 aromatic heterocycles. The molecule has 0 saturated heterocycles.